The second-order valence-electron chi connectivity index (χ2n) is 2.30. The van der Waals surface area contributed by atoms with E-state index in [1.807, 2.05) is 0 Å². The highest BCUT2D eigenvalue weighted by Crippen LogP contribution is 2.03. The van der Waals surface area contributed by atoms with Crippen LogP contribution in [0.25, 0.3) is 0 Å². The predicted octanol–water partition coefficient (Wildman–Crippen LogP) is 1.04. The van der Waals surface area contributed by atoms with E-state index in [-0.39, 0.29) is 0 Å². The fourth-order valence-electron chi connectivity index (χ4n) is 0.697. The van der Waals surface area contributed by atoms with Gasteiger partial charge >= 0.3 is 0 Å². The minimum absolute atomic E-state index is 0.949. The van der Waals surface area contributed by atoms with Crippen molar-refractivity contribution in [1.29, 1.82) is 0 Å². The van der Waals surface area contributed by atoms with Gasteiger partial charge < -0.3 is 0 Å². The maximum atomic E-state index is 2.31. The molecule has 0 aliphatic carbocycles. The van der Waals surface area contributed by atoms with Crippen LogP contribution in [-0.2, 0) is 0 Å². The SMILES string of the molecule is CBB[C@@H](C)CC. The largest absolute Gasteiger partial charge is 0.0958 e. The highest BCUT2D eigenvalue weighted by Gasteiger charge is 1.96. The van der Waals surface area contributed by atoms with Gasteiger partial charge in [-0.25, -0.2) is 0 Å². The predicted molar refractivity (Wildman–Crippen MR) is 39.9 cm³/mol. The fraction of sp³-hybridized carbons (Fsp3) is 1.00. The third-order valence-corrected chi connectivity index (χ3v) is 1.48. The zero-order chi connectivity index (χ0) is 5.70. The molecule has 0 nitrogen and oxygen atoms in total. The van der Waals surface area contributed by atoms with Gasteiger partial charge in [-0.3, -0.25) is 0 Å². The molecule has 0 saturated heterocycles. The molecule has 7 heavy (non-hydrogen) atoms. The third-order valence-electron chi connectivity index (χ3n) is 1.48. The summed E-state index contributed by atoms with van der Waals surface area (Å²) in [4.78, 5) is 0. The topological polar surface area (TPSA) is 0 Å². The molecule has 0 aliphatic rings. The van der Waals surface area contributed by atoms with Crippen LogP contribution in [-0.4, -0.2) is 14.3 Å². The van der Waals surface area contributed by atoms with E-state index in [4.69, 9.17) is 0 Å². The summed E-state index contributed by atoms with van der Waals surface area (Å²) in [7, 11) is 2.74. The zero-order valence-corrected chi connectivity index (χ0v) is 5.70. The first-order valence-corrected chi connectivity index (χ1v) is 3.31. The van der Waals surface area contributed by atoms with Crippen LogP contribution in [0.5, 0.6) is 0 Å². The molecule has 0 aliphatic heterocycles. The number of hydrogen-bond donors (Lipinski definition) is 0. The van der Waals surface area contributed by atoms with E-state index in [0.717, 1.165) is 5.82 Å². The van der Waals surface area contributed by atoms with Gasteiger partial charge in [0.05, 0.1) is 14.3 Å². The summed E-state index contributed by atoms with van der Waals surface area (Å²) >= 11 is 0. The lowest BCUT2D eigenvalue weighted by atomic mass is 9.35. The Labute approximate surface area is 48.2 Å². The van der Waals surface area contributed by atoms with Crippen LogP contribution in [0.1, 0.15) is 20.3 Å². The van der Waals surface area contributed by atoms with Crippen LogP contribution in [0.3, 0.4) is 0 Å². The summed E-state index contributed by atoms with van der Waals surface area (Å²) in [5, 5.41) is 0. The lowest BCUT2D eigenvalue weighted by Crippen LogP contribution is -2.03. The maximum Gasteiger partial charge on any atom is 0.0897 e. The highest BCUT2D eigenvalue weighted by molar-refractivity contribution is 7.00. The summed E-state index contributed by atoms with van der Waals surface area (Å²) in [6, 6.07) is 0. The van der Waals surface area contributed by atoms with Gasteiger partial charge in [0.15, 0.2) is 0 Å². The van der Waals surface area contributed by atoms with E-state index < -0.39 is 0 Å². The standard InChI is InChI=1S/C5H14B2/c1-4-5(2)7-6-3/h5-7H,4H2,1-3H3/t5-/m0/s1. The van der Waals surface area contributed by atoms with Crippen molar-refractivity contribution in [2.45, 2.75) is 32.9 Å². The first kappa shape index (κ1) is 7.13. The Morgan fingerprint density at radius 2 is 2.14 bits per heavy atom. The highest BCUT2D eigenvalue weighted by atomic mass is 13.8. The van der Waals surface area contributed by atoms with E-state index in [2.05, 4.69) is 20.7 Å². The van der Waals surface area contributed by atoms with Crippen LogP contribution in [0.2, 0.25) is 12.6 Å². The van der Waals surface area contributed by atoms with Gasteiger partial charge in [-0.15, -0.1) is 0 Å². The van der Waals surface area contributed by atoms with Gasteiger partial charge in [-0.2, -0.15) is 0 Å². The molecule has 0 N–H and O–H groups in total. The van der Waals surface area contributed by atoms with Crippen molar-refractivity contribution < 1.29 is 0 Å². The van der Waals surface area contributed by atoms with Gasteiger partial charge in [-0.05, 0) is 0 Å². The molecule has 0 aromatic heterocycles. The molecule has 0 fully saturated rings. The molecule has 0 heterocycles. The number of hydrogen-bond acceptors (Lipinski definition) is 0. The smallest absolute Gasteiger partial charge is 0.0897 e. The zero-order valence-electron chi connectivity index (χ0n) is 5.70. The maximum absolute atomic E-state index is 2.31. The van der Waals surface area contributed by atoms with Gasteiger partial charge in [0.1, 0.15) is 0 Å². The summed E-state index contributed by atoms with van der Waals surface area (Å²) in [6.07, 6.45) is 1.34. The molecular weight excluding hydrogens is 81.7 g/mol. The Morgan fingerprint density at radius 1 is 1.57 bits per heavy atom. The molecule has 0 aromatic carbocycles. The van der Waals surface area contributed by atoms with Crippen LogP contribution in [0.4, 0.5) is 0 Å². The summed E-state index contributed by atoms with van der Waals surface area (Å²) in [5.41, 5.74) is 0. The van der Waals surface area contributed by atoms with E-state index >= 15 is 0 Å². The van der Waals surface area contributed by atoms with Crippen molar-refractivity contribution in [3.63, 3.8) is 0 Å². The lowest BCUT2D eigenvalue weighted by Gasteiger charge is -1.99. The second kappa shape index (κ2) is 4.29. The molecular formula is C5H14B2. The van der Waals surface area contributed by atoms with Gasteiger partial charge in [0.25, 0.3) is 0 Å². The van der Waals surface area contributed by atoms with E-state index in [1.165, 1.54) is 20.8 Å². The van der Waals surface area contributed by atoms with Crippen LogP contribution >= 0.6 is 0 Å². The molecule has 0 unspecified atom stereocenters. The lowest BCUT2D eigenvalue weighted by molar-refractivity contribution is 0.877. The fourth-order valence-corrected chi connectivity index (χ4v) is 0.697. The average Bonchev–Trinajstić information content (AvgIpc) is 1.68. The Bertz CT molecular complexity index is 37.1. The minimum Gasteiger partial charge on any atom is -0.0958 e. The number of rotatable bonds is 3. The molecule has 0 spiro atoms. The van der Waals surface area contributed by atoms with Crippen molar-refractivity contribution in [2.24, 2.45) is 0 Å². The van der Waals surface area contributed by atoms with Crippen LogP contribution < -0.4 is 0 Å². The van der Waals surface area contributed by atoms with Crippen molar-refractivity contribution >= 4 is 14.3 Å². The van der Waals surface area contributed by atoms with Gasteiger partial charge in [0.2, 0.25) is 0 Å². The first-order chi connectivity index (χ1) is 3.31. The van der Waals surface area contributed by atoms with E-state index in [1.54, 1.807) is 0 Å². The monoisotopic (exact) mass is 96.1 g/mol. The molecule has 1 atom stereocenters. The average molecular weight is 95.8 g/mol. The van der Waals surface area contributed by atoms with Gasteiger partial charge in [-0.1, -0.05) is 32.9 Å². The summed E-state index contributed by atoms with van der Waals surface area (Å²) in [5.74, 6) is 0.949. The van der Waals surface area contributed by atoms with Crippen molar-refractivity contribution in [3.8, 4) is 0 Å². The van der Waals surface area contributed by atoms with E-state index in [0.29, 0.717) is 0 Å². The third kappa shape index (κ3) is 3.97. The Hall–Kier alpha value is 0.130. The van der Waals surface area contributed by atoms with Crippen molar-refractivity contribution in [3.05, 3.63) is 0 Å². The molecule has 40 valence electrons. The summed E-state index contributed by atoms with van der Waals surface area (Å²) in [6.45, 7) is 6.80. The Kier molecular flexibility index (Phi) is 4.37. The minimum atomic E-state index is 0.949. The Morgan fingerprint density at radius 3 is 2.29 bits per heavy atom. The molecule has 0 bridgehead atoms. The van der Waals surface area contributed by atoms with Gasteiger partial charge in [0, 0.05) is 0 Å². The molecule has 2 heteroatoms. The molecule has 0 amide bonds. The molecule has 0 rings (SSSR count). The molecule has 0 aromatic rings. The summed E-state index contributed by atoms with van der Waals surface area (Å²) < 4.78 is 0. The normalized spacial score (nSPS) is 13.0. The van der Waals surface area contributed by atoms with Crippen molar-refractivity contribution in [2.75, 3.05) is 0 Å². The van der Waals surface area contributed by atoms with Crippen LogP contribution in [0, 0.1) is 0 Å². The first-order valence-electron chi connectivity index (χ1n) is 3.31. The molecule has 0 saturated carbocycles. The Balaban J connectivity index is 2.83. The van der Waals surface area contributed by atoms with Crippen molar-refractivity contribution in [1.82, 2.24) is 0 Å². The second-order valence-corrected chi connectivity index (χ2v) is 2.30. The van der Waals surface area contributed by atoms with Crippen LogP contribution in [0.15, 0.2) is 0 Å². The van der Waals surface area contributed by atoms with E-state index in [9.17, 15) is 0 Å². The molecule has 0 radical (unpaired) electrons. The quantitative estimate of drug-likeness (QED) is 0.460.